The highest BCUT2D eigenvalue weighted by Gasteiger charge is 2.39. The molecule has 0 radical (unpaired) electrons. The number of benzene rings is 2. The molecule has 0 bridgehead atoms. The molecule has 168 valence electrons. The van der Waals surface area contributed by atoms with Crippen molar-refractivity contribution in [3.8, 4) is 5.75 Å². The fourth-order valence-corrected chi connectivity index (χ4v) is 4.47. The predicted octanol–water partition coefficient (Wildman–Crippen LogP) is 4.00. The fraction of sp³-hybridized carbons (Fsp3) is 0.409. The molecule has 0 fully saturated rings. The number of primary sulfonamides is 1. The predicted molar refractivity (Wildman–Crippen MR) is 127 cm³/mol. The molecule has 31 heavy (non-hydrogen) atoms. The smallest absolute Gasteiger partial charge is 0.238 e. The SMILES string of the molecule is COc1cc2c(cc1NC(=S)Nc1ccc(S(N)(=O)=O)cc1C)C(C)(C)OCC2(C)C. The van der Waals surface area contributed by atoms with Crippen LogP contribution < -0.4 is 20.5 Å². The van der Waals surface area contributed by atoms with Gasteiger partial charge in [-0.1, -0.05) is 13.8 Å². The Morgan fingerprint density at radius 2 is 1.74 bits per heavy atom. The van der Waals surface area contributed by atoms with E-state index >= 15 is 0 Å². The van der Waals surface area contributed by atoms with Crippen LogP contribution in [-0.2, 0) is 25.8 Å². The number of ether oxygens (including phenoxy) is 2. The van der Waals surface area contributed by atoms with Crippen molar-refractivity contribution in [3.63, 3.8) is 0 Å². The van der Waals surface area contributed by atoms with Crippen LogP contribution >= 0.6 is 12.2 Å². The highest BCUT2D eigenvalue weighted by atomic mass is 32.2. The number of hydrogen-bond donors (Lipinski definition) is 3. The van der Waals surface area contributed by atoms with Crippen molar-refractivity contribution in [2.45, 2.75) is 50.5 Å². The van der Waals surface area contributed by atoms with Gasteiger partial charge in [-0.15, -0.1) is 0 Å². The lowest BCUT2D eigenvalue weighted by Crippen LogP contribution is -2.40. The van der Waals surface area contributed by atoms with Gasteiger partial charge in [-0.2, -0.15) is 0 Å². The van der Waals surface area contributed by atoms with Crippen LogP contribution in [-0.4, -0.2) is 27.2 Å². The highest BCUT2D eigenvalue weighted by molar-refractivity contribution is 7.89. The molecule has 4 N–H and O–H groups in total. The van der Waals surface area contributed by atoms with Crippen molar-refractivity contribution in [2.75, 3.05) is 24.4 Å². The van der Waals surface area contributed by atoms with Gasteiger partial charge in [0.05, 0.1) is 29.9 Å². The van der Waals surface area contributed by atoms with Crippen LogP contribution in [0.4, 0.5) is 11.4 Å². The fourth-order valence-electron chi connectivity index (χ4n) is 3.65. The maximum absolute atomic E-state index is 11.5. The third kappa shape index (κ3) is 4.85. The number of thiocarbonyl (C=S) groups is 1. The van der Waals surface area contributed by atoms with Crippen LogP contribution in [0.3, 0.4) is 0 Å². The molecule has 1 aliphatic rings. The lowest BCUT2D eigenvalue weighted by atomic mass is 9.75. The summed E-state index contributed by atoms with van der Waals surface area (Å²) in [5.74, 6) is 0.676. The topological polar surface area (TPSA) is 103 Å². The van der Waals surface area contributed by atoms with E-state index in [0.717, 1.165) is 5.56 Å². The molecular formula is C22H29N3O4S2. The molecule has 0 atom stereocenters. The summed E-state index contributed by atoms with van der Waals surface area (Å²) >= 11 is 5.50. The van der Waals surface area contributed by atoms with E-state index in [9.17, 15) is 8.42 Å². The van der Waals surface area contributed by atoms with Crippen LogP contribution in [0.1, 0.15) is 44.4 Å². The summed E-state index contributed by atoms with van der Waals surface area (Å²) in [5.41, 5.74) is 3.76. The average Bonchev–Trinajstić information content (AvgIpc) is 2.66. The van der Waals surface area contributed by atoms with Crippen LogP contribution in [0.2, 0.25) is 0 Å². The Balaban J connectivity index is 1.90. The Bertz CT molecular complexity index is 1140. The molecule has 0 spiro atoms. The Morgan fingerprint density at radius 1 is 1.10 bits per heavy atom. The molecule has 0 amide bonds. The summed E-state index contributed by atoms with van der Waals surface area (Å²) in [6.07, 6.45) is 0. The summed E-state index contributed by atoms with van der Waals surface area (Å²) < 4.78 is 34.8. The van der Waals surface area contributed by atoms with Gasteiger partial charge in [-0.05, 0) is 80.0 Å². The van der Waals surface area contributed by atoms with Crippen LogP contribution in [0.5, 0.6) is 5.75 Å². The number of aryl methyl sites for hydroxylation is 1. The van der Waals surface area contributed by atoms with Crippen LogP contribution in [0, 0.1) is 6.92 Å². The molecule has 3 rings (SSSR count). The number of anilines is 2. The van der Waals surface area contributed by atoms with E-state index in [2.05, 4.69) is 24.5 Å². The van der Waals surface area contributed by atoms with Gasteiger partial charge in [-0.25, -0.2) is 13.6 Å². The van der Waals surface area contributed by atoms with Gasteiger partial charge in [0.1, 0.15) is 5.75 Å². The van der Waals surface area contributed by atoms with E-state index < -0.39 is 15.6 Å². The van der Waals surface area contributed by atoms with Gasteiger partial charge in [0.15, 0.2) is 5.11 Å². The van der Waals surface area contributed by atoms with E-state index in [-0.39, 0.29) is 10.3 Å². The lowest BCUT2D eigenvalue weighted by molar-refractivity contribution is -0.0587. The number of hydrogen-bond acceptors (Lipinski definition) is 5. The first-order valence-electron chi connectivity index (χ1n) is 9.83. The minimum absolute atomic E-state index is 0.0515. The molecule has 0 aromatic heterocycles. The van der Waals surface area contributed by atoms with Crippen molar-refractivity contribution in [1.29, 1.82) is 0 Å². The molecule has 2 aromatic rings. The third-order valence-electron chi connectivity index (χ3n) is 5.53. The van der Waals surface area contributed by atoms with E-state index in [1.54, 1.807) is 20.1 Å². The average molecular weight is 464 g/mol. The van der Waals surface area contributed by atoms with Gasteiger partial charge >= 0.3 is 0 Å². The molecule has 0 aliphatic carbocycles. The minimum Gasteiger partial charge on any atom is -0.495 e. The minimum atomic E-state index is -3.76. The molecule has 0 saturated carbocycles. The van der Waals surface area contributed by atoms with E-state index in [1.165, 1.54) is 17.7 Å². The zero-order valence-corrected chi connectivity index (χ0v) is 20.3. The molecule has 1 heterocycles. The summed E-state index contributed by atoms with van der Waals surface area (Å²) in [5, 5.41) is 11.8. The number of fused-ring (bicyclic) bond motifs is 1. The zero-order valence-electron chi connectivity index (χ0n) is 18.6. The lowest BCUT2D eigenvalue weighted by Gasteiger charge is -2.42. The molecule has 0 unspecified atom stereocenters. The molecular weight excluding hydrogens is 434 g/mol. The van der Waals surface area contributed by atoms with E-state index in [0.29, 0.717) is 34.4 Å². The Kier molecular flexibility index (Phi) is 6.09. The first-order chi connectivity index (χ1) is 14.2. The van der Waals surface area contributed by atoms with Gasteiger partial charge in [0, 0.05) is 11.1 Å². The summed E-state index contributed by atoms with van der Waals surface area (Å²) in [4.78, 5) is 0.0515. The van der Waals surface area contributed by atoms with Gasteiger partial charge in [0.25, 0.3) is 0 Å². The standard InChI is InChI=1S/C22H29N3O4S2/c1-13-9-14(31(23,26)27)7-8-17(13)24-20(30)25-18-10-16-15(11-19(18)28-6)21(2,3)12-29-22(16,4)5/h7-11H,12H2,1-6H3,(H2,23,26,27)(H2,24,25,30). The first-order valence-corrected chi connectivity index (χ1v) is 11.8. The van der Waals surface area contributed by atoms with Crippen LogP contribution in [0.25, 0.3) is 0 Å². The zero-order chi connectivity index (χ0) is 23.2. The monoisotopic (exact) mass is 463 g/mol. The number of rotatable bonds is 4. The maximum atomic E-state index is 11.5. The second kappa shape index (κ2) is 8.05. The van der Waals surface area contributed by atoms with Crippen molar-refractivity contribution in [3.05, 3.63) is 47.0 Å². The second-order valence-electron chi connectivity index (χ2n) is 8.88. The number of methoxy groups -OCH3 is 1. The van der Waals surface area contributed by atoms with Crippen molar-refractivity contribution >= 4 is 38.7 Å². The number of nitrogens with one attached hydrogen (secondary N) is 2. The molecule has 1 aliphatic heterocycles. The summed E-state index contributed by atoms with van der Waals surface area (Å²) in [7, 11) is -2.14. The van der Waals surface area contributed by atoms with Crippen LogP contribution in [0.15, 0.2) is 35.2 Å². The molecule has 2 aromatic carbocycles. The number of nitrogens with two attached hydrogens (primary N) is 1. The Hall–Kier alpha value is -2.20. The van der Waals surface area contributed by atoms with E-state index in [1.807, 2.05) is 26.0 Å². The van der Waals surface area contributed by atoms with E-state index in [4.69, 9.17) is 26.8 Å². The molecule has 9 heteroatoms. The van der Waals surface area contributed by atoms with Gasteiger partial charge in [-0.3, -0.25) is 0 Å². The van der Waals surface area contributed by atoms with Crippen molar-refractivity contribution < 1.29 is 17.9 Å². The summed E-state index contributed by atoms with van der Waals surface area (Å²) in [6.45, 7) is 10.8. The third-order valence-corrected chi connectivity index (χ3v) is 6.65. The molecule has 0 saturated heterocycles. The van der Waals surface area contributed by atoms with Gasteiger partial charge in [0.2, 0.25) is 10.0 Å². The van der Waals surface area contributed by atoms with Crippen molar-refractivity contribution in [2.24, 2.45) is 5.14 Å². The summed E-state index contributed by atoms with van der Waals surface area (Å²) in [6, 6.07) is 8.62. The highest BCUT2D eigenvalue weighted by Crippen LogP contribution is 2.45. The Labute approximate surface area is 189 Å². The molecule has 7 nitrogen and oxygen atoms in total. The largest absolute Gasteiger partial charge is 0.495 e. The normalized spacial score (nSPS) is 16.9. The quantitative estimate of drug-likeness (QED) is 0.589. The van der Waals surface area contributed by atoms with Gasteiger partial charge < -0.3 is 20.1 Å². The number of sulfonamides is 1. The maximum Gasteiger partial charge on any atom is 0.238 e. The Morgan fingerprint density at radius 3 is 2.32 bits per heavy atom. The van der Waals surface area contributed by atoms with Crippen molar-refractivity contribution in [1.82, 2.24) is 0 Å². The second-order valence-corrected chi connectivity index (χ2v) is 10.9. The first kappa shape index (κ1) is 23.5.